The fraction of sp³-hybridized carbons (Fsp3) is 0.333. The van der Waals surface area contributed by atoms with Gasteiger partial charge in [0.15, 0.2) is 0 Å². The molecular formula is C15H15F3N2OS. The molecule has 0 saturated carbocycles. The lowest BCUT2D eigenvalue weighted by molar-refractivity contribution is -0.117. The van der Waals surface area contributed by atoms with Gasteiger partial charge >= 0.3 is 5.51 Å². The third-order valence-corrected chi connectivity index (χ3v) is 3.34. The van der Waals surface area contributed by atoms with Crippen molar-refractivity contribution in [3.63, 3.8) is 0 Å². The van der Waals surface area contributed by atoms with Crippen LogP contribution < -0.4 is 5.32 Å². The molecule has 1 aromatic carbocycles. The predicted octanol–water partition coefficient (Wildman–Crippen LogP) is 4.12. The molecule has 0 unspecified atom stereocenters. The van der Waals surface area contributed by atoms with Crippen molar-refractivity contribution >= 4 is 23.7 Å². The zero-order valence-electron chi connectivity index (χ0n) is 11.9. The number of nitrogens with one attached hydrogen (secondary N) is 1. The van der Waals surface area contributed by atoms with Gasteiger partial charge in [-0.2, -0.15) is 18.4 Å². The lowest BCUT2D eigenvalue weighted by Gasteiger charge is -2.06. The summed E-state index contributed by atoms with van der Waals surface area (Å²) in [6.07, 6.45) is 3.08. The first-order chi connectivity index (χ1) is 10.4. The van der Waals surface area contributed by atoms with E-state index in [1.807, 2.05) is 6.92 Å². The quantitative estimate of drug-likeness (QED) is 0.370. The van der Waals surface area contributed by atoms with E-state index in [-0.39, 0.29) is 22.2 Å². The molecule has 3 nitrogen and oxygen atoms in total. The Morgan fingerprint density at radius 1 is 1.36 bits per heavy atom. The highest BCUT2D eigenvalue weighted by Gasteiger charge is 2.28. The Hall–Kier alpha value is -1.94. The van der Waals surface area contributed by atoms with Crippen molar-refractivity contribution < 1.29 is 18.0 Å². The molecule has 22 heavy (non-hydrogen) atoms. The first-order valence-corrected chi connectivity index (χ1v) is 7.43. The number of rotatable bonds is 6. The Kier molecular flexibility index (Phi) is 6.99. The van der Waals surface area contributed by atoms with E-state index in [9.17, 15) is 18.0 Å². The molecule has 0 heterocycles. The monoisotopic (exact) mass is 328 g/mol. The number of carbonyl (C=O) groups excluding carboxylic acids is 1. The SMILES string of the molecule is CCCCNC(=O)/C(C#N)=C/c1ccc(SC(F)(F)F)cc1. The predicted molar refractivity (Wildman–Crippen MR) is 79.9 cm³/mol. The van der Waals surface area contributed by atoms with Gasteiger partial charge in [-0.05, 0) is 42.0 Å². The minimum Gasteiger partial charge on any atom is -0.351 e. The fourth-order valence-corrected chi connectivity index (χ4v) is 2.09. The van der Waals surface area contributed by atoms with Crippen LogP contribution in [-0.2, 0) is 4.79 Å². The smallest absolute Gasteiger partial charge is 0.351 e. The summed E-state index contributed by atoms with van der Waals surface area (Å²) >= 11 is -0.211. The van der Waals surface area contributed by atoms with Crippen LogP contribution in [0, 0.1) is 11.3 Å². The normalized spacial score (nSPS) is 11.9. The first kappa shape index (κ1) is 18.1. The van der Waals surface area contributed by atoms with Crippen LogP contribution in [0.1, 0.15) is 25.3 Å². The summed E-state index contributed by atoms with van der Waals surface area (Å²) in [4.78, 5) is 11.8. The van der Waals surface area contributed by atoms with Crippen molar-refractivity contribution in [2.75, 3.05) is 6.54 Å². The summed E-state index contributed by atoms with van der Waals surface area (Å²) in [6, 6.07) is 7.26. The standard InChI is InChI=1S/C15H15F3N2OS/c1-2-3-8-20-14(21)12(10-19)9-11-4-6-13(7-5-11)22-15(16,17)18/h4-7,9H,2-3,8H2,1H3,(H,20,21)/b12-9+. The van der Waals surface area contributed by atoms with E-state index in [1.54, 1.807) is 6.07 Å². The van der Waals surface area contributed by atoms with Crippen LogP contribution in [-0.4, -0.2) is 18.0 Å². The summed E-state index contributed by atoms with van der Waals surface area (Å²) in [5.41, 5.74) is -3.92. The van der Waals surface area contributed by atoms with E-state index < -0.39 is 11.4 Å². The van der Waals surface area contributed by atoms with Gasteiger partial charge in [0.05, 0.1) is 0 Å². The summed E-state index contributed by atoms with van der Waals surface area (Å²) in [5.74, 6) is -0.482. The third-order valence-electron chi connectivity index (χ3n) is 2.61. The fourth-order valence-electron chi connectivity index (χ4n) is 1.55. The van der Waals surface area contributed by atoms with Gasteiger partial charge in [0.1, 0.15) is 11.6 Å². The number of unbranched alkanes of at least 4 members (excludes halogenated alkanes) is 1. The Bertz CT molecular complexity index is 574. The summed E-state index contributed by atoms with van der Waals surface area (Å²) in [5, 5.41) is 11.6. The molecule has 0 aliphatic rings. The number of hydrogen-bond donors (Lipinski definition) is 1. The molecular weight excluding hydrogens is 313 g/mol. The second kappa shape index (κ2) is 8.49. The number of halogens is 3. The van der Waals surface area contributed by atoms with Crippen LogP contribution in [0.15, 0.2) is 34.7 Å². The van der Waals surface area contributed by atoms with E-state index >= 15 is 0 Å². The largest absolute Gasteiger partial charge is 0.446 e. The van der Waals surface area contributed by atoms with Gasteiger partial charge in [0, 0.05) is 11.4 Å². The summed E-state index contributed by atoms with van der Waals surface area (Å²) < 4.78 is 36.6. The van der Waals surface area contributed by atoms with Crippen molar-refractivity contribution in [1.82, 2.24) is 5.32 Å². The van der Waals surface area contributed by atoms with Crippen LogP contribution in [0.2, 0.25) is 0 Å². The highest BCUT2D eigenvalue weighted by atomic mass is 32.2. The van der Waals surface area contributed by atoms with Crippen molar-refractivity contribution in [2.24, 2.45) is 0 Å². The maximum atomic E-state index is 12.2. The van der Waals surface area contributed by atoms with Gasteiger partial charge in [-0.25, -0.2) is 0 Å². The van der Waals surface area contributed by atoms with Crippen LogP contribution in [0.3, 0.4) is 0 Å². The van der Waals surface area contributed by atoms with Crippen molar-refractivity contribution in [3.8, 4) is 6.07 Å². The van der Waals surface area contributed by atoms with Crippen molar-refractivity contribution in [1.29, 1.82) is 5.26 Å². The van der Waals surface area contributed by atoms with Crippen LogP contribution in [0.5, 0.6) is 0 Å². The molecule has 0 fully saturated rings. The number of nitriles is 1. The average Bonchev–Trinajstić information content (AvgIpc) is 2.45. The maximum absolute atomic E-state index is 12.2. The summed E-state index contributed by atoms with van der Waals surface area (Å²) in [7, 11) is 0. The van der Waals surface area contributed by atoms with Gasteiger partial charge < -0.3 is 5.32 Å². The lowest BCUT2D eigenvalue weighted by atomic mass is 10.1. The molecule has 118 valence electrons. The zero-order valence-corrected chi connectivity index (χ0v) is 12.7. The van der Waals surface area contributed by atoms with E-state index in [0.717, 1.165) is 12.8 Å². The van der Waals surface area contributed by atoms with Gasteiger partial charge in [-0.3, -0.25) is 4.79 Å². The van der Waals surface area contributed by atoms with Crippen molar-refractivity contribution in [2.45, 2.75) is 30.2 Å². The molecule has 0 radical (unpaired) electrons. The Morgan fingerprint density at radius 2 is 2.00 bits per heavy atom. The molecule has 0 bridgehead atoms. The highest BCUT2D eigenvalue weighted by molar-refractivity contribution is 8.00. The second-order valence-corrected chi connectivity index (χ2v) is 5.53. The molecule has 1 amide bonds. The lowest BCUT2D eigenvalue weighted by Crippen LogP contribution is -2.25. The van der Waals surface area contributed by atoms with Crippen LogP contribution >= 0.6 is 11.8 Å². The number of benzene rings is 1. The van der Waals surface area contributed by atoms with Crippen LogP contribution in [0.25, 0.3) is 6.08 Å². The number of thioether (sulfide) groups is 1. The molecule has 7 heteroatoms. The second-order valence-electron chi connectivity index (χ2n) is 4.40. The molecule has 0 aromatic heterocycles. The van der Waals surface area contributed by atoms with Gasteiger partial charge in [-0.15, -0.1) is 0 Å². The minimum atomic E-state index is -4.34. The molecule has 1 N–H and O–H groups in total. The van der Waals surface area contributed by atoms with Gasteiger partial charge in [0.2, 0.25) is 0 Å². The Balaban J connectivity index is 2.77. The number of amides is 1. The molecule has 1 aromatic rings. The molecule has 0 saturated heterocycles. The Morgan fingerprint density at radius 3 is 2.50 bits per heavy atom. The number of alkyl halides is 3. The number of nitrogens with zero attached hydrogens (tertiary/aromatic N) is 1. The Labute approximate surface area is 131 Å². The molecule has 0 aliphatic heterocycles. The van der Waals surface area contributed by atoms with Gasteiger partial charge in [-0.1, -0.05) is 25.5 Å². The molecule has 1 rings (SSSR count). The van der Waals surface area contributed by atoms with E-state index in [2.05, 4.69) is 5.32 Å². The molecule has 0 spiro atoms. The van der Waals surface area contributed by atoms with Gasteiger partial charge in [0.25, 0.3) is 5.91 Å². The third kappa shape index (κ3) is 6.68. The van der Waals surface area contributed by atoms with Crippen molar-refractivity contribution in [3.05, 3.63) is 35.4 Å². The van der Waals surface area contributed by atoms with E-state index in [1.165, 1.54) is 30.3 Å². The highest BCUT2D eigenvalue weighted by Crippen LogP contribution is 2.36. The minimum absolute atomic E-state index is 0.0514. The van der Waals surface area contributed by atoms with Crippen LogP contribution in [0.4, 0.5) is 13.2 Å². The van der Waals surface area contributed by atoms with E-state index in [4.69, 9.17) is 5.26 Å². The molecule has 0 aliphatic carbocycles. The maximum Gasteiger partial charge on any atom is 0.446 e. The zero-order chi connectivity index (χ0) is 16.6. The molecule has 0 atom stereocenters. The summed E-state index contributed by atoms with van der Waals surface area (Å²) in [6.45, 7) is 2.46. The average molecular weight is 328 g/mol. The van der Waals surface area contributed by atoms with E-state index in [0.29, 0.717) is 12.1 Å². The first-order valence-electron chi connectivity index (χ1n) is 6.61. The topological polar surface area (TPSA) is 52.9 Å². The number of hydrogen-bond acceptors (Lipinski definition) is 3. The number of carbonyl (C=O) groups is 1.